The van der Waals surface area contributed by atoms with Gasteiger partial charge in [0.2, 0.25) is 0 Å². The molecule has 0 aliphatic heterocycles. The number of hydrogen-bond acceptors (Lipinski definition) is 3. The zero-order valence-electron chi connectivity index (χ0n) is 10.9. The first-order valence-electron chi connectivity index (χ1n) is 6.24. The van der Waals surface area contributed by atoms with Crippen LogP contribution in [0.15, 0.2) is 61.3 Å². The van der Waals surface area contributed by atoms with E-state index in [1.807, 2.05) is 35.0 Å². The zero-order chi connectivity index (χ0) is 14.7. The van der Waals surface area contributed by atoms with Crippen molar-refractivity contribution < 1.29 is 4.79 Å². The summed E-state index contributed by atoms with van der Waals surface area (Å²) in [6.07, 6.45) is 6.78. The highest BCUT2D eigenvalue weighted by molar-refractivity contribution is 6.29. The molecule has 1 N–H and O–H groups in total. The molecule has 0 spiro atoms. The van der Waals surface area contributed by atoms with Crippen LogP contribution in [0.1, 0.15) is 10.4 Å². The SMILES string of the molecule is O=C(Nc1ccc(-n2ccnc2)cc1)c1ccnc(Cl)c1. The number of rotatable bonds is 3. The van der Waals surface area contributed by atoms with Gasteiger partial charge in [0.05, 0.1) is 6.33 Å². The van der Waals surface area contributed by atoms with E-state index in [2.05, 4.69) is 15.3 Å². The molecule has 2 aromatic heterocycles. The number of benzene rings is 1. The van der Waals surface area contributed by atoms with Crippen LogP contribution in [-0.2, 0) is 0 Å². The molecule has 0 fully saturated rings. The van der Waals surface area contributed by atoms with Crippen molar-refractivity contribution in [2.24, 2.45) is 0 Å². The van der Waals surface area contributed by atoms with Gasteiger partial charge in [-0.1, -0.05) is 11.6 Å². The Hall–Kier alpha value is -2.66. The topological polar surface area (TPSA) is 59.8 Å². The van der Waals surface area contributed by atoms with E-state index < -0.39 is 0 Å². The maximum atomic E-state index is 12.1. The number of pyridine rings is 1. The third-order valence-corrected chi connectivity index (χ3v) is 3.12. The first-order chi connectivity index (χ1) is 10.2. The molecule has 0 aliphatic rings. The number of nitrogens with zero attached hydrogens (tertiary/aromatic N) is 3. The highest BCUT2D eigenvalue weighted by Crippen LogP contribution is 2.15. The second kappa shape index (κ2) is 5.76. The number of nitrogens with one attached hydrogen (secondary N) is 1. The summed E-state index contributed by atoms with van der Waals surface area (Å²) < 4.78 is 1.88. The Morgan fingerprint density at radius 2 is 1.95 bits per heavy atom. The van der Waals surface area contributed by atoms with Crippen molar-refractivity contribution >= 4 is 23.2 Å². The number of anilines is 1. The van der Waals surface area contributed by atoms with Crippen molar-refractivity contribution in [3.05, 3.63) is 72.0 Å². The summed E-state index contributed by atoms with van der Waals surface area (Å²) in [5, 5.41) is 3.10. The maximum absolute atomic E-state index is 12.1. The van der Waals surface area contributed by atoms with E-state index in [0.717, 1.165) is 5.69 Å². The van der Waals surface area contributed by atoms with Crippen LogP contribution in [0.3, 0.4) is 0 Å². The molecule has 1 amide bonds. The molecule has 0 unspecified atom stereocenters. The van der Waals surface area contributed by atoms with E-state index in [0.29, 0.717) is 11.3 Å². The molecule has 0 atom stereocenters. The Morgan fingerprint density at radius 3 is 2.62 bits per heavy atom. The van der Waals surface area contributed by atoms with E-state index in [-0.39, 0.29) is 11.1 Å². The standard InChI is InChI=1S/C15H11ClN4O/c16-14-9-11(5-6-18-14)15(21)19-12-1-3-13(4-2-12)20-8-7-17-10-20/h1-10H,(H,19,21). The predicted octanol–water partition coefficient (Wildman–Crippen LogP) is 3.17. The van der Waals surface area contributed by atoms with Gasteiger partial charge in [-0.05, 0) is 36.4 Å². The van der Waals surface area contributed by atoms with Gasteiger partial charge in [0.25, 0.3) is 5.91 Å². The van der Waals surface area contributed by atoms with Gasteiger partial charge in [-0.3, -0.25) is 4.79 Å². The van der Waals surface area contributed by atoms with Crippen LogP contribution in [0.25, 0.3) is 5.69 Å². The number of halogens is 1. The third-order valence-electron chi connectivity index (χ3n) is 2.92. The van der Waals surface area contributed by atoms with Gasteiger partial charge in [-0.25, -0.2) is 9.97 Å². The predicted molar refractivity (Wildman–Crippen MR) is 80.8 cm³/mol. The Morgan fingerprint density at radius 1 is 1.14 bits per heavy atom. The molecule has 0 saturated carbocycles. The van der Waals surface area contributed by atoms with E-state index in [4.69, 9.17) is 11.6 Å². The fourth-order valence-electron chi connectivity index (χ4n) is 1.88. The second-order valence-electron chi connectivity index (χ2n) is 4.34. The van der Waals surface area contributed by atoms with Gasteiger partial charge < -0.3 is 9.88 Å². The molecule has 104 valence electrons. The van der Waals surface area contributed by atoms with Crippen molar-refractivity contribution in [1.29, 1.82) is 0 Å². The lowest BCUT2D eigenvalue weighted by Crippen LogP contribution is -2.11. The zero-order valence-corrected chi connectivity index (χ0v) is 11.7. The van der Waals surface area contributed by atoms with Crippen LogP contribution in [-0.4, -0.2) is 20.4 Å². The lowest BCUT2D eigenvalue weighted by atomic mass is 10.2. The molecular formula is C15H11ClN4O. The quantitative estimate of drug-likeness (QED) is 0.756. The van der Waals surface area contributed by atoms with Gasteiger partial charge in [-0.15, -0.1) is 0 Å². The van der Waals surface area contributed by atoms with E-state index in [1.165, 1.54) is 12.3 Å². The fraction of sp³-hybridized carbons (Fsp3) is 0. The smallest absolute Gasteiger partial charge is 0.255 e. The van der Waals surface area contributed by atoms with Crippen LogP contribution >= 0.6 is 11.6 Å². The molecule has 1 aromatic carbocycles. The molecule has 5 nitrogen and oxygen atoms in total. The minimum atomic E-state index is -0.227. The van der Waals surface area contributed by atoms with E-state index in [1.54, 1.807) is 18.6 Å². The Labute approximate surface area is 126 Å². The number of carbonyl (C=O) groups is 1. The summed E-state index contributed by atoms with van der Waals surface area (Å²) in [6, 6.07) is 10.6. The normalized spacial score (nSPS) is 10.3. The number of imidazole rings is 1. The Balaban J connectivity index is 1.75. The highest BCUT2D eigenvalue weighted by Gasteiger charge is 2.07. The molecule has 2 heterocycles. The molecular weight excluding hydrogens is 288 g/mol. The average Bonchev–Trinajstić information content (AvgIpc) is 3.02. The van der Waals surface area contributed by atoms with Gasteiger partial charge in [0.1, 0.15) is 5.15 Å². The molecule has 0 bridgehead atoms. The van der Waals surface area contributed by atoms with Gasteiger partial charge >= 0.3 is 0 Å². The molecule has 0 aliphatic carbocycles. The fourth-order valence-corrected chi connectivity index (χ4v) is 2.05. The molecule has 0 saturated heterocycles. The first kappa shape index (κ1) is 13.3. The molecule has 3 aromatic rings. The van der Waals surface area contributed by atoms with Crippen LogP contribution in [0, 0.1) is 0 Å². The van der Waals surface area contributed by atoms with Crippen molar-refractivity contribution in [3.8, 4) is 5.69 Å². The summed E-state index contributed by atoms with van der Waals surface area (Å²) in [4.78, 5) is 19.9. The Bertz CT molecular complexity index is 754. The molecule has 0 radical (unpaired) electrons. The van der Waals surface area contributed by atoms with Gasteiger partial charge in [0.15, 0.2) is 0 Å². The lowest BCUT2D eigenvalue weighted by molar-refractivity contribution is 0.102. The van der Waals surface area contributed by atoms with Crippen molar-refractivity contribution in [3.63, 3.8) is 0 Å². The summed E-state index contributed by atoms with van der Waals surface area (Å²) in [7, 11) is 0. The number of carbonyl (C=O) groups excluding carboxylic acids is 1. The number of amides is 1. The third kappa shape index (κ3) is 3.09. The van der Waals surface area contributed by atoms with E-state index in [9.17, 15) is 4.79 Å². The first-order valence-corrected chi connectivity index (χ1v) is 6.61. The Kier molecular flexibility index (Phi) is 3.66. The number of hydrogen-bond donors (Lipinski definition) is 1. The maximum Gasteiger partial charge on any atom is 0.255 e. The molecule has 21 heavy (non-hydrogen) atoms. The van der Waals surface area contributed by atoms with Crippen molar-refractivity contribution in [2.75, 3.05) is 5.32 Å². The summed E-state index contributed by atoms with van der Waals surface area (Å²) in [5.41, 5.74) is 2.14. The summed E-state index contributed by atoms with van der Waals surface area (Å²) in [6.45, 7) is 0. The minimum Gasteiger partial charge on any atom is -0.322 e. The van der Waals surface area contributed by atoms with Crippen molar-refractivity contribution in [2.45, 2.75) is 0 Å². The van der Waals surface area contributed by atoms with Gasteiger partial charge in [0, 0.05) is 35.5 Å². The average molecular weight is 299 g/mol. The second-order valence-corrected chi connectivity index (χ2v) is 4.73. The highest BCUT2D eigenvalue weighted by atomic mass is 35.5. The van der Waals surface area contributed by atoms with Crippen LogP contribution in [0.5, 0.6) is 0 Å². The summed E-state index contributed by atoms with van der Waals surface area (Å²) in [5.74, 6) is -0.227. The monoisotopic (exact) mass is 298 g/mol. The van der Waals surface area contributed by atoms with E-state index >= 15 is 0 Å². The summed E-state index contributed by atoms with van der Waals surface area (Å²) >= 11 is 5.77. The van der Waals surface area contributed by atoms with Crippen LogP contribution < -0.4 is 5.32 Å². The van der Waals surface area contributed by atoms with Crippen LogP contribution in [0.4, 0.5) is 5.69 Å². The van der Waals surface area contributed by atoms with Crippen molar-refractivity contribution in [1.82, 2.24) is 14.5 Å². The largest absolute Gasteiger partial charge is 0.322 e. The lowest BCUT2D eigenvalue weighted by Gasteiger charge is -2.07. The minimum absolute atomic E-state index is 0.227. The molecule has 6 heteroatoms. The van der Waals surface area contributed by atoms with Gasteiger partial charge in [-0.2, -0.15) is 0 Å². The van der Waals surface area contributed by atoms with Crippen LogP contribution in [0.2, 0.25) is 5.15 Å². The number of aromatic nitrogens is 3. The molecule has 3 rings (SSSR count).